The van der Waals surface area contributed by atoms with Gasteiger partial charge in [-0.15, -0.1) is 0 Å². The lowest BCUT2D eigenvalue weighted by Gasteiger charge is -2.18. The van der Waals surface area contributed by atoms with E-state index in [9.17, 15) is 8.78 Å². The van der Waals surface area contributed by atoms with Crippen molar-refractivity contribution < 1.29 is 18.4 Å². The fraction of sp³-hybridized carbons (Fsp3) is 0.455. The lowest BCUT2D eigenvalue weighted by Crippen LogP contribution is -2.20. The second-order valence-electron chi connectivity index (χ2n) is 4.06. The summed E-state index contributed by atoms with van der Waals surface area (Å²) in [7, 11) is 1.39. The van der Waals surface area contributed by atoms with Crippen molar-refractivity contribution in [3.8, 4) is 5.75 Å². The van der Waals surface area contributed by atoms with Crippen molar-refractivity contribution in [2.45, 2.75) is 18.3 Å². The highest BCUT2D eigenvalue weighted by Crippen LogP contribution is 2.52. The fourth-order valence-electron chi connectivity index (χ4n) is 2.00. The first kappa shape index (κ1) is 11.3. The number of hydrogen-bond acceptors (Lipinski definition) is 3. The lowest BCUT2D eigenvalue weighted by molar-refractivity contribution is 0.114. The zero-order valence-electron chi connectivity index (χ0n) is 8.93. The second kappa shape index (κ2) is 3.99. The standard InChI is InChI=1S/C11H13F2NO2/c1-15-9-5-7(12)4-8(13)10(9)11(2-3-11)6-16-14/h4-5H,2-3,6,14H2,1H3. The van der Waals surface area contributed by atoms with Crippen LogP contribution in [-0.4, -0.2) is 13.7 Å². The highest BCUT2D eigenvalue weighted by molar-refractivity contribution is 5.44. The molecule has 0 bridgehead atoms. The van der Waals surface area contributed by atoms with Gasteiger partial charge in [0.25, 0.3) is 0 Å². The van der Waals surface area contributed by atoms with Crippen LogP contribution in [0.1, 0.15) is 18.4 Å². The Morgan fingerprint density at radius 2 is 2.06 bits per heavy atom. The van der Waals surface area contributed by atoms with Gasteiger partial charge in [-0.3, -0.25) is 0 Å². The monoisotopic (exact) mass is 229 g/mol. The molecule has 2 N–H and O–H groups in total. The largest absolute Gasteiger partial charge is 0.496 e. The molecule has 2 rings (SSSR count). The van der Waals surface area contributed by atoms with Gasteiger partial charge in [0.05, 0.1) is 13.7 Å². The number of halogens is 2. The first-order valence-electron chi connectivity index (χ1n) is 4.98. The zero-order valence-corrected chi connectivity index (χ0v) is 8.93. The Morgan fingerprint density at radius 3 is 2.56 bits per heavy atom. The maximum Gasteiger partial charge on any atom is 0.133 e. The van der Waals surface area contributed by atoms with E-state index >= 15 is 0 Å². The number of nitrogens with two attached hydrogens (primary N) is 1. The van der Waals surface area contributed by atoms with Gasteiger partial charge in [-0.1, -0.05) is 0 Å². The SMILES string of the molecule is COc1cc(F)cc(F)c1C1(CON)CC1. The number of ether oxygens (including phenoxy) is 1. The van der Waals surface area contributed by atoms with Crippen LogP contribution in [0.15, 0.2) is 12.1 Å². The van der Waals surface area contributed by atoms with Crippen LogP contribution in [-0.2, 0) is 10.3 Å². The summed E-state index contributed by atoms with van der Waals surface area (Å²) in [5.74, 6) is 3.99. The molecule has 0 spiro atoms. The molecule has 1 aromatic carbocycles. The molecule has 88 valence electrons. The molecule has 0 aromatic heterocycles. The van der Waals surface area contributed by atoms with Crippen LogP contribution in [0.2, 0.25) is 0 Å². The van der Waals surface area contributed by atoms with E-state index in [2.05, 4.69) is 4.84 Å². The minimum atomic E-state index is -0.650. The Hall–Kier alpha value is -1.20. The molecule has 0 amide bonds. The molecule has 1 aliphatic rings. The molecule has 1 aromatic rings. The molecule has 0 unspecified atom stereocenters. The summed E-state index contributed by atoms with van der Waals surface area (Å²) in [5.41, 5.74) is -0.0837. The van der Waals surface area contributed by atoms with Crippen molar-refractivity contribution in [3.63, 3.8) is 0 Å². The summed E-state index contributed by atoms with van der Waals surface area (Å²) in [5, 5.41) is 0. The molecule has 1 saturated carbocycles. The van der Waals surface area contributed by atoms with E-state index in [1.165, 1.54) is 13.2 Å². The minimum Gasteiger partial charge on any atom is -0.496 e. The van der Waals surface area contributed by atoms with E-state index in [1.54, 1.807) is 0 Å². The van der Waals surface area contributed by atoms with Crippen LogP contribution >= 0.6 is 0 Å². The number of methoxy groups -OCH3 is 1. The first-order valence-corrected chi connectivity index (χ1v) is 4.98. The third kappa shape index (κ3) is 1.76. The fourth-order valence-corrected chi connectivity index (χ4v) is 2.00. The van der Waals surface area contributed by atoms with E-state index in [0.717, 1.165) is 18.9 Å². The molecule has 0 atom stereocenters. The molecule has 3 nitrogen and oxygen atoms in total. The summed E-state index contributed by atoms with van der Waals surface area (Å²) in [6.45, 7) is 0.214. The molecule has 16 heavy (non-hydrogen) atoms. The predicted molar refractivity (Wildman–Crippen MR) is 54.0 cm³/mol. The summed E-state index contributed by atoms with van der Waals surface area (Å²) >= 11 is 0. The molecule has 0 heterocycles. The number of hydrogen-bond donors (Lipinski definition) is 1. The maximum atomic E-state index is 13.7. The Bertz CT molecular complexity index is 405. The van der Waals surface area contributed by atoms with Gasteiger partial charge in [0.1, 0.15) is 17.4 Å². The average molecular weight is 229 g/mol. The quantitative estimate of drug-likeness (QED) is 0.802. The van der Waals surface area contributed by atoms with Crippen molar-refractivity contribution in [2.24, 2.45) is 5.90 Å². The maximum absolute atomic E-state index is 13.7. The van der Waals surface area contributed by atoms with Crippen molar-refractivity contribution >= 4 is 0 Å². The van der Waals surface area contributed by atoms with Gasteiger partial charge in [-0.05, 0) is 12.8 Å². The minimum absolute atomic E-state index is 0.214. The van der Waals surface area contributed by atoms with E-state index in [-0.39, 0.29) is 12.4 Å². The molecule has 0 aliphatic heterocycles. The van der Waals surface area contributed by atoms with Crippen molar-refractivity contribution in [3.05, 3.63) is 29.3 Å². The van der Waals surface area contributed by atoms with E-state index < -0.39 is 17.0 Å². The van der Waals surface area contributed by atoms with Gasteiger partial charge in [-0.25, -0.2) is 14.7 Å². The predicted octanol–water partition coefficient (Wildman–Crippen LogP) is 1.90. The van der Waals surface area contributed by atoms with Gasteiger partial charge >= 0.3 is 0 Å². The van der Waals surface area contributed by atoms with Crippen LogP contribution in [0.5, 0.6) is 5.75 Å². The Kier molecular flexibility index (Phi) is 2.82. The third-order valence-electron chi connectivity index (χ3n) is 2.98. The van der Waals surface area contributed by atoms with Crippen molar-refractivity contribution in [1.29, 1.82) is 0 Å². The van der Waals surface area contributed by atoms with E-state index in [0.29, 0.717) is 5.56 Å². The van der Waals surface area contributed by atoms with Gasteiger partial charge in [0, 0.05) is 23.1 Å². The average Bonchev–Trinajstić information content (AvgIpc) is 2.97. The van der Waals surface area contributed by atoms with Crippen molar-refractivity contribution in [2.75, 3.05) is 13.7 Å². The Balaban J connectivity index is 2.47. The van der Waals surface area contributed by atoms with Crippen molar-refractivity contribution in [1.82, 2.24) is 0 Å². The van der Waals surface area contributed by atoms with Crippen LogP contribution in [0.3, 0.4) is 0 Å². The van der Waals surface area contributed by atoms with Crippen LogP contribution in [0.25, 0.3) is 0 Å². The third-order valence-corrected chi connectivity index (χ3v) is 2.98. The topological polar surface area (TPSA) is 44.5 Å². The summed E-state index contributed by atoms with van der Waals surface area (Å²) in [4.78, 5) is 4.59. The normalized spacial score (nSPS) is 17.2. The highest BCUT2D eigenvalue weighted by Gasteiger charge is 2.48. The van der Waals surface area contributed by atoms with Gasteiger partial charge in [0.15, 0.2) is 0 Å². The van der Waals surface area contributed by atoms with Gasteiger partial charge < -0.3 is 9.57 Å². The molecule has 0 saturated heterocycles. The zero-order chi connectivity index (χ0) is 11.8. The van der Waals surface area contributed by atoms with Crippen LogP contribution in [0, 0.1) is 11.6 Å². The molecule has 1 fully saturated rings. The van der Waals surface area contributed by atoms with Crippen LogP contribution < -0.4 is 10.6 Å². The second-order valence-corrected chi connectivity index (χ2v) is 4.06. The Morgan fingerprint density at radius 1 is 1.38 bits per heavy atom. The lowest BCUT2D eigenvalue weighted by atomic mass is 9.95. The first-order chi connectivity index (χ1) is 7.63. The molecule has 0 radical (unpaired) electrons. The molecular formula is C11H13F2NO2. The highest BCUT2D eigenvalue weighted by atomic mass is 19.1. The Labute approximate surface area is 92.1 Å². The van der Waals surface area contributed by atoms with E-state index in [4.69, 9.17) is 10.6 Å². The summed E-state index contributed by atoms with van der Waals surface area (Å²) in [6, 6.07) is 2.03. The van der Waals surface area contributed by atoms with E-state index in [1.807, 2.05) is 0 Å². The summed E-state index contributed by atoms with van der Waals surface area (Å²) in [6.07, 6.45) is 1.53. The van der Waals surface area contributed by atoms with Gasteiger partial charge in [-0.2, -0.15) is 0 Å². The smallest absolute Gasteiger partial charge is 0.133 e. The number of rotatable bonds is 4. The molecular weight excluding hydrogens is 216 g/mol. The van der Waals surface area contributed by atoms with Crippen LogP contribution in [0.4, 0.5) is 8.78 Å². The molecule has 5 heteroatoms. The summed E-state index contributed by atoms with van der Waals surface area (Å²) < 4.78 is 31.8. The van der Waals surface area contributed by atoms with Gasteiger partial charge in [0.2, 0.25) is 0 Å². The molecule has 1 aliphatic carbocycles. The number of benzene rings is 1.